The molecule has 1 aliphatic heterocycles. The fourth-order valence-corrected chi connectivity index (χ4v) is 5.19. The molecular weight excluding hydrogens is 505 g/mol. The van der Waals surface area contributed by atoms with Gasteiger partial charge in [-0.05, 0) is 43.2 Å². The second-order valence-corrected chi connectivity index (χ2v) is 9.47. The highest BCUT2D eigenvalue weighted by Crippen LogP contribution is 2.37. The van der Waals surface area contributed by atoms with Gasteiger partial charge in [0.15, 0.2) is 5.13 Å². The van der Waals surface area contributed by atoms with Crippen LogP contribution in [0.15, 0.2) is 30.3 Å². The summed E-state index contributed by atoms with van der Waals surface area (Å²) in [5.41, 5.74) is 2.22. The quantitative estimate of drug-likeness (QED) is 0.392. The Balaban J connectivity index is 0.00000306. The normalized spacial score (nSPS) is 14.2. The molecule has 6 nitrogen and oxygen atoms in total. The first kappa shape index (κ1) is 26.0. The predicted molar refractivity (Wildman–Crippen MR) is 138 cm³/mol. The van der Waals surface area contributed by atoms with Crippen molar-refractivity contribution < 1.29 is 14.3 Å². The SMILES string of the molecule is COc1ccc(C)c2sc(N(CCCN3CCOCC3)C(=O)c3cc(Cl)ccc3Cl)nc12.Cl. The topological polar surface area (TPSA) is 54.9 Å². The Bertz CT molecular complexity index is 1120. The molecule has 0 radical (unpaired) electrons. The minimum Gasteiger partial charge on any atom is -0.494 e. The van der Waals surface area contributed by atoms with E-state index in [0.717, 1.165) is 55.0 Å². The lowest BCUT2D eigenvalue weighted by Gasteiger charge is -2.27. The summed E-state index contributed by atoms with van der Waals surface area (Å²) in [6.07, 6.45) is 0.802. The highest BCUT2D eigenvalue weighted by molar-refractivity contribution is 7.22. The number of methoxy groups -OCH3 is 1. The number of amides is 1. The smallest absolute Gasteiger partial charge is 0.261 e. The fourth-order valence-electron chi connectivity index (χ4n) is 3.75. The minimum atomic E-state index is -0.213. The fraction of sp³-hybridized carbons (Fsp3) is 0.391. The monoisotopic (exact) mass is 529 g/mol. The number of anilines is 1. The van der Waals surface area contributed by atoms with Crippen LogP contribution in [0.25, 0.3) is 10.2 Å². The van der Waals surface area contributed by atoms with Gasteiger partial charge in [0.25, 0.3) is 5.91 Å². The van der Waals surface area contributed by atoms with E-state index in [0.29, 0.717) is 33.0 Å². The Morgan fingerprint density at radius 1 is 1.24 bits per heavy atom. The number of hydrogen-bond acceptors (Lipinski definition) is 6. The lowest BCUT2D eigenvalue weighted by Crippen LogP contribution is -2.39. The number of ether oxygens (including phenoxy) is 2. The molecule has 178 valence electrons. The molecule has 1 aromatic heterocycles. The highest BCUT2D eigenvalue weighted by Gasteiger charge is 2.25. The Hall–Kier alpha value is -1.61. The summed E-state index contributed by atoms with van der Waals surface area (Å²) in [7, 11) is 1.63. The van der Waals surface area contributed by atoms with Crippen molar-refractivity contribution in [3.05, 3.63) is 51.5 Å². The summed E-state index contributed by atoms with van der Waals surface area (Å²) < 4.78 is 11.9. The van der Waals surface area contributed by atoms with Crippen molar-refractivity contribution in [1.29, 1.82) is 0 Å². The van der Waals surface area contributed by atoms with Crippen LogP contribution in [-0.4, -0.2) is 62.3 Å². The average molecular weight is 531 g/mol. The molecular formula is C23H26Cl3N3O3S. The van der Waals surface area contributed by atoms with Crippen molar-refractivity contribution in [2.24, 2.45) is 0 Å². The van der Waals surface area contributed by atoms with Crippen molar-refractivity contribution in [2.45, 2.75) is 13.3 Å². The van der Waals surface area contributed by atoms with Crippen LogP contribution in [0.3, 0.4) is 0 Å². The number of carbonyl (C=O) groups excluding carboxylic acids is 1. The van der Waals surface area contributed by atoms with Gasteiger partial charge in [-0.15, -0.1) is 12.4 Å². The van der Waals surface area contributed by atoms with Gasteiger partial charge in [-0.1, -0.05) is 40.6 Å². The van der Waals surface area contributed by atoms with E-state index in [9.17, 15) is 4.79 Å². The molecule has 10 heteroatoms. The van der Waals surface area contributed by atoms with Crippen molar-refractivity contribution >= 4 is 68.2 Å². The molecule has 1 aliphatic rings. The summed E-state index contributed by atoms with van der Waals surface area (Å²) in [4.78, 5) is 22.5. The van der Waals surface area contributed by atoms with Crippen LogP contribution in [0.2, 0.25) is 10.0 Å². The molecule has 0 unspecified atom stereocenters. The van der Waals surface area contributed by atoms with Crippen LogP contribution in [0.4, 0.5) is 5.13 Å². The van der Waals surface area contributed by atoms with Crippen molar-refractivity contribution in [2.75, 3.05) is 51.4 Å². The Morgan fingerprint density at radius 3 is 2.73 bits per heavy atom. The summed E-state index contributed by atoms with van der Waals surface area (Å²) in [5.74, 6) is 0.477. The van der Waals surface area contributed by atoms with Crippen molar-refractivity contribution in [1.82, 2.24) is 9.88 Å². The van der Waals surface area contributed by atoms with Gasteiger partial charge >= 0.3 is 0 Å². The molecule has 0 N–H and O–H groups in total. The van der Waals surface area contributed by atoms with Crippen LogP contribution < -0.4 is 9.64 Å². The predicted octanol–water partition coefficient (Wildman–Crippen LogP) is 5.71. The van der Waals surface area contributed by atoms with E-state index in [2.05, 4.69) is 4.90 Å². The lowest BCUT2D eigenvalue weighted by atomic mass is 10.2. The molecule has 0 spiro atoms. The van der Waals surface area contributed by atoms with Crippen LogP contribution >= 0.6 is 46.9 Å². The molecule has 1 saturated heterocycles. The molecule has 0 saturated carbocycles. The second-order valence-electron chi connectivity index (χ2n) is 7.65. The molecule has 2 aromatic carbocycles. The Kier molecular flexibility index (Phi) is 9.21. The van der Waals surface area contributed by atoms with Gasteiger partial charge in [-0.2, -0.15) is 0 Å². The molecule has 3 aromatic rings. The van der Waals surface area contributed by atoms with Gasteiger partial charge in [-0.3, -0.25) is 14.6 Å². The van der Waals surface area contributed by atoms with Gasteiger partial charge < -0.3 is 9.47 Å². The van der Waals surface area contributed by atoms with E-state index in [4.69, 9.17) is 37.7 Å². The standard InChI is InChI=1S/C23H25Cl2N3O3S.ClH/c1-15-4-7-19(30-2)20-21(15)32-23(26-20)28(9-3-8-27-10-12-31-13-11-27)22(29)17-14-16(24)5-6-18(17)25;/h4-7,14H,3,8-13H2,1-2H3;1H. The lowest BCUT2D eigenvalue weighted by molar-refractivity contribution is 0.0376. The molecule has 1 amide bonds. The van der Waals surface area contributed by atoms with Crippen LogP contribution in [0.5, 0.6) is 5.75 Å². The molecule has 0 aliphatic carbocycles. The summed E-state index contributed by atoms with van der Waals surface area (Å²) in [6.45, 7) is 6.73. The summed E-state index contributed by atoms with van der Waals surface area (Å²) >= 11 is 14.0. The first-order chi connectivity index (χ1) is 15.5. The molecule has 33 heavy (non-hydrogen) atoms. The van der Waals surface area contributed by atoms with Gasteiger partial charge in [0.05, 0.1) is 35.6 Å². The van der Waals surface area contributed by atoms with E-state index in [1.165, 1.54) is 11.3 Å². The zero-order chi connectivity index (χ0) is 22.7. The molecule has 1 fully saturated rings. The Morgan fingerprint density at radius 2 is 2.00 bits per heavy atom. The zero-order valence-corrected chi connectivity index (χ0v) is 21.6. The van der Waals surface area contributed by atoms with E-state index >= 15 is 0 Å². The number of benzene rings is 2. The largest absolute Gasteiger partial charge is 0.494 e. The van der Waals surface area contributed by atoms with E-state index in [-0.39, 0.29) is 18.3 Å². The second kappa shape index (κ2) is 11.7. The highest BCUT2D eigenvalue weighted by atomic mass is 35.5. The number of thiazole rings is 1. The number of fused-ring (bicyclic) bond motifs is 1. The maximum atomic E-state index is 13.6. The number of halogens is 3. The number of rotatable bonds is 7. The number of hydrogen-bond donors (Lipinski definition) is 0. The van der Waals surface area contributed by atoms with Crippen LogP contribution in [0.1, 0.15) is 22.3 Å². The maximum Gasteiger partial charge on any atom is 0.261 e. The number of carbonyl (C=O) groups is 1. The van der Waals surface area contributed by atoms with Gasteiger partial charge in [0.2, 0.25) is 0 Å². The van der Waals surface area contributed by atoms with E-state index in [1.807, 2.05) is 19.1 Å². The minimum absolute atomic E-state index is 0. The van der Waals surface area contributed by atoms with Crippen LogP contribution in [-0.2, 0) is 4.74 Å². The molecule has 0 bridgehead atoms. The zero-order valence-electron chi connectivity index (χ0n) is 18.5. The van der Waals surface area contributed by atoms with Gasteiger partial charge in [0, 0.05) is 31.2 Å². The van der Waals surface area contributed by atoms with E-state index < -0.39 is 0 Å². The first-order valence-corrected chi connectivity index (χ1v) is 12.1. The number of nitrogens with zero attached hydrogens (tertiary/aromatic N) is 3. The summed E-state index contributed by atoms with van der Waals surface area (Å²) in [6, 6.07) is 8.84. The van der Waals surface area contributed by atoms with Crippen molar-refractivity contribution in [3.8, 4) is 5.75 Å². The third-order valence-corrected chi connectivity index (χ3v) is 7.29. The average Bonchev–Trinajstić information content (AvgIpc) is 3.25. The number of morpholine rings is 1. The van der Waals surface area contributed by atoms with Gasteiger partial charge in [-0.25, -0.2) is 4.98 Å². The molecule has 2 heterocycles. The van der Waals surface area contributed by atoms with E-state index in [1.54, 1.807) is 30.2 Å². The number of aromatic nitrogens is 1. The maximum absolute atomic E-state index is 13.6. The van der Waals surface area contributed by atoms with Crippen molar-refractivity contribution in [3.63, 3.8) is 0 Å². The summed E-state index contributed by atoms with van der Waals surface area (Å²) in [5, 5.41) is 1.45. The number of aryl methyl sites for hydroxylation is 1. The third kappa shape index (κ3) is 5.91. The Labute approximate surface area is 213 Å². The van der Waals surface area contributed by atoms with Crippen LogP contribution in [0, 0.1) is 6.92 Å². The van der Waals surface area contributed by atoms with Gasteiger partial charge in [0.1, 0.15) is 11.3 Å². The first-order valence-electron chi connectivity index (χ1n) is 10.5. The molecule has 4 rings (SSSR count). The third-order valence-electron chi connectivity index (χ3n) is 5.51. The molecule has 0 atom stereocenters.